The third-order valence-corrected chi connectivity index (χ3v) is 8.61. The van der Waals surface area contributed by atoms with E-state index in [1.54, 1.807) is 0 Å². The molecule has 0 saturated carbocycles. The van der Waals surface area contributed by atoms with E-state index in [4.69, 9.17) is 14.3 Å². The van der Waals surface area contributed by atoms with E-state index in [1.165, 1.54) is 0 Å². The summed E-state index contributed by atoms with van der Waals surface area (Å²) in [6.45, 7) is 12.2. The lowest BCUT2D eigenvalue weighted by Gasteiger charge is -2.36. The first-order valence-corrected chi connectivity index (χ1v) is 10.6. The van der Waals surface area contributed by atoms with Crippen LogP contribution in [-0.2, 0) is 15.8 Å². The average molecular weight is 324 g/mol. The summed E-state index contributed by atoms with van der Waals surface area (Å²) >= 11 is 0. The molecule has 0 radical (unpaired) electrons. The molecule has 1 aromatic rings. The lowest BCUT2D eigenvalue weighted by molar-refractivity contribution is -0.137. The first-order chi connectivity index (χ1) is 10.1. The molecule has 0 amide bonds. The van der Waals surface area contributed by atoms with Gasteiger partial charge >= 0.3 is 5.97 Å². The Morgan fingerprint density at radius 3 is 2.27 bits per heavy atom. The van der Waals surface area contributed by atoms with Crippen LogP contribution in [0.5, 0.6) is 5.75 Å². The van der Waals surface area contributed by atoms with Crippen LogP contribution in [0.3, 0.4) is 0 Å². The number of benzene rings is 1. The van der Waals surface area contributed by atoms with Crippen LogP contribution in [0.4, 0.5) is 0 Å². The zero-order valence-electron chi connectivity index (χ0n) is 14.3. The van der Waals surface area contributed by atoms with Gasteiger partial charge in [-0.2, -0.15) is 0 Å². The molecule has 0 unspecified atom stereocenters. The zero-order chi connectivity index (χ0) is 16.8. The zero-order valence-corrected chi connectivity index (χ0v) is 15.3. The third kappa shape index (κ3) is 6.20. The van der Waals surface area contributed by atoms with Crippen LogP contribution in [0.1, 0.15) is 39.2 Å². The third-order valence-electron chi connectivity index (χ3n) is 4.13. The average Bonchev–Trinajstić information content (AvgIpc) is 2.41. The van der Waals surface area contributed by atoms with Crippen molar-refractivity contribution in [3.8, 4) is 5.75 Å². The number of carboxylic acids is 1. The number of aliphatic carboxylic acids is 1. The number of hydrogen-bond donors (Lipinski definition) is 1. The molecule has 0 aliphatic rings. The van der Waals surface area contributed by atoms with Crippen LogP contribution in [-0.4, -0.2) is 26.0 Å². The molecular formula is C17H28O4Si. The van der Waals surface area contributed by atoms with Crippen LogP contribution in [0.25, 0.3) is 0 Å². The summed E-state index contributed by atoms with van der Waals surface area (Å²) in [5.41, 5.74) is 1.13. The van der Waals surface area contributed by atoms with Crippen molar-refractivity contribution in [2.24, 2.45) is 0 Å². The van der Waals surface area contributed by atoms with E-state index < -0.39 is 14.3 Å². The van der Waals surface area contributed by atoms with Crippen LogP contribution in [0, 0.1) is 0 Å². The number of ether oxygens (including phenoxy) is 1. The Balaban J connectivity index is 2.43. The summed E-state index contributed by atoms with van der Waals surface area (Å²) in [4.78, 5) is 10.4. The van der Waals surface area contributed by atoms with Gasteiger partial charge in [0, 0.05) is 6.42 Å². The lowest BCUT2D eigenvalue weighted by atomic mass is 10.2. The minimum absolute atomic E-state index is 0.137. The highest BCUT2D eigenvalue weighted by Crippen LogP contribution is 2.37. The van der Waals surface area contributed by atoms with Crippen LogP contribution >= 0.6 is 0 Å². The fourth-order valence-electron chi connectivity index (χ4n) is 1.58. The summed E-state index contributed by atoms with van der Waals surface area (Å²) in [6, 6.07) is 7.82. The normalized spacial score (nSPS) is 12.2. The molecule has 0 saturated heterocycles. The van der Waals surface area contributed by atoms with Crippen molar-refractivity contribution >= 4 is 14.3 Å². The number of carboxylic acid groups (broad SMARTS) is 1. The smallest absolute Gasteiger partial charge is 0.303 e. The molecule has 0 aliphatic heterocycles. The molecule has 0 heterocycles. The van der Waals surface area contributed by atoms with E-state index in [2.05, 4.69) is 33.9 Å². The molecule has 5 heteroatoms. The summed E-state index contributed by atoms with van der Waals surface area (Å²) < 4.78 is 11.7. The van der Waals surface area contributed by atoms with E-state index in [0.29, 0.717) is 19.6 Å². The maximum atomic E-state index is 10.4. The van der Waals surface area contributed by atoms with Gasteiger partial charge in [-0.3, -0.25) is 4.79 Å². The Labute approximate surface area is 134 Å². The van der Waals surface area contributed by atoms with Crippen molar-refractivity contribution in [3.63, 3.8) is 0 Å². The summed E-state index contributed by atoms with van der Waals surface area (Å²) in [5.74, 6) is -0.0248. The largest absolute Gasteiger partial charge is 0.494 e. The highest BCUT2D eigenvalue weighted by molar-refractivity contribution is 6.74. The molecule has 0 fully saturated rings. The standard InChI is InChI=1S/C17H28O4Si/c1-17(2,3)22(4,5)21-13-14-8-10-15(11-9-14)20-12-6-7-16(18)19/h8-11H,6-7,12-13H2,1-5H3,(H,18,19). The molecule has 0 atom stereocenters. The topological polar surface area (TPSA) is 55.8 Å². The monoisotopic (exact) mass is 324 g/mol. The molecule has 0 aromatic heterocycles. The van der Waals surface area contributed by atoms with Gasteiger partial charge in [0.2, 0.25) is 0 Å². The van der Waals surface area contributed by atoms with E-state index in [1.807, 2.05) is 24.3 Å². The molecule has 124 valence electrons. The van der Waals surface area contributed by atoms with Gasteiger partial charge in [0.05, 0.1) is 13.2 Å². The fraction of sp³-hybridized carbons (Fsp3) is 0.588. The molecule has 0 spiro atoms. The van der Waals surface area contributed by atoms with Gasteiger partial charge in [-0.25, -0.2) is 0 Å². The van der Waals surface area contributed by atoms with E-state index in [9.17, 15) is 4.79 Å². The predicted octanol–water partition coefficient (Wildman–Crippen LogP) is 4.45. The Morgan fingerprint density at radius 1 is 1.18 bits per heavy atom. The molecule has 1 N–H and O–H groups in total. The van der Waals surface area contributed by atoms with Crippen molar-refractivity contribution < 1.29 is 19.1 Å². The SMILES string of the molecule is CC(C)(C)[Si](C)(C)OCc1ccc(OCCCC(=O)O)cc1. The molecule has 1 aromatic carbocycles. The minimum atomic E-state index is -1.72. The maximum absolute atomic E-state index is 10.4. The quantitative estimate of drug-likeness (QED) is 0.567. The molecular weight excluding hydrogens is 296 g/mol. The number of hydrogen-bond acceptors (Lipinski definition) is 3. The van der Waals surface area contributed by atoms with Gasteiger partial charge in [0.25, 0.3) is 0 Å². The molecule has 0 aliphatic carbocycles. The second kappa shape index (κ2) is 7.79. The second-order valence-electron chi connectivity index (χ2n) is 7.04. The first kappa shape index (κ1) is 18.7. The lowest BCUT2D eigenvalue weighted by Crippen LogP contribution is -2.40. The van der Waals surface area contributed by atoms with Crippen molar-refractivity contribution in [1.82, 2.24) is 0 Å². The molecule has 4 nitrogen and oxygen atoms in total. The van der Waals surface area contributed by atoms with Crippen LogP contribution in [0.2, 0.25) is 18.1 Å². The van der Waals surface area contributed by atoms with Gasteiger partial charge in [0.1, 0.15) is 5.75 Å². The maximum Gasteiger partial charge on any atom is 0.303 e. The molecule has 0 bridgehead atoms. The van der Waals surface area contributed by atoms with E-state index >= 15 is 0 Å². The van der Waals surface area contributed by atoms with Crippen molar-refractivity contribution in [2.45, 2.75) is 58.4 Å². The highest BCUT2D eigenvalue weighted by Gasteiger charge is 2.36. The molecule has 1 rings (SSSR count). The Morgan fingerprint density at radius 2 is 1.77 bits per heavy atom. The van der Waals surface area contributed by atoms with Crippen molar-refractivity contribution in [2.75, 3.05) is 6.61 Å². The minimum Gasteiger partial charge on any atom is -0.494 e. The highest BCUT2D eigenvalue weighted by atomic mass is 28.4. The Kier molecular flexibility index (Phi) is 6.62. The molecule has 22 heavy (non-hydrogen) atoms. The Bertz CT molecular complexity index is 474. The van der Waals surface area contributed by atoms with E-state index in [0.717, 1.165) is 11.3 Å². The number of carbonyl (C=O) groups is 1. The second-order valence-corrected chi connectivity index (χ2v) is 11.8. The number of rotatable bonds is 8. The summed E-state index contributed by atoms with van der Waals surface area (Å²) in [5, 5.41) is 8.77. The predicted molar refractivity (Wildman–Crippen MR) is 90.8 cm³/mol. The van der Waals surface area contributed by atoms with E-state index in [-0.39, 0.29) is 11.5 Å². The Hall–Kier alpha value is -1.33. The van der Waals surface area contributed by atoms with Crippen LogP contribution in [0.15, 0.2) is 24.3 Å². The fourth-order valence-corrected chi connectivity index (χ4v) is 2.54. The van der Waals surface area contributed by atoms with Gasteiger partial charge in [-0.05, 0) is 42.2 Å². The van der Waals surface area contributed by atoms with Crippen molar-refractivity contribution in [1.29, 1.82) is 0 Å². The van der Waals surface area contributed by atoms with Crippen LogP contribution < -0.4 is 4.74 Å². The van der Waals surface area contributed by atoms with Crippen molar-refractivity contribution in [3.05, 3.63) is 29.8 Å². The summed E-state index contributed by atoms with van der Waals surface area (Å²) in [7, 11) is -1.72. The first-order valence-electron chi connectivity index (χ1n) is 7.69. The summed E-state index contributed by atoms with van der Waals surface area (Å²) in [6.07, 6.45) is 0.657. The van der Waals surface area contributed by atoms with Gasteiger partial charge < -0.3 is 14.3 Å². The van der Waals surface area contributed by atoms with Gasteiger partial charge in [-0.1, -0.05) is 32.9 Å². The van der Waals surface area contributed by atoms with Gasteiger partial charge in [-0.15, -0.1) is 0 Å². The van der Waals surface area contributed by atoms with Gasteiger partial charge in [0.15, 0.2) is 8.32 Å².